The summed E-state index contributed by atoms with van der Waals surface area (Å²) in [5, 5.41) is 9.45. The van der Waals surface area contributed by atoms with Crippen LogP contribution in [-0.2, 0) is 28.9 Å². The topological polar surface area (TPSA) is 63.6 Å². The van der Waals surface area contributed by atoms with E-state index in [1.165, 1.54) is 50.1 Å². The van der Waals surface area contributed by atoms with Gasteiger partial charge in [-0.15, -0.1) is 0 Å². The first kappa shape index (κ1) is 28.1. The van der Waals surface area contributed by atoms with Crippen LogP contribution in [0.2, 0.25) is 0 Å². The van der Waals surface area contributed by atoms with Gasteiger partial charge in [0.2, 0.25) is 0 Å². The van der Waals surface area contributed by atoms with Crippen LogP contribution in [0.4, 0.5) is 0 Å². The lowest BCUT2D eigenvalue weighted by atomic mass is 9.86. The van der Waals surface area contributed by atoms with Crippen molar-refractivity contribution in [3.05, 3.63) is 87.5 Å². The molecule has 1 saturated carbocycles. The molecule has 3 aromatic carbocycles. The van der Waals surface area contributed by atoms with Gasteiger partial charge < -0.3 is 9.84 Å². The van der Waals surface area contributed by atoms with E-state index in [-0.39, 0.29) is 23.5 Å². The van der Waals surface area contributed by atoms with Crippen LogP contribution in [0, 0.1) is 26.2 Å². The Labute approximate surface area is 238 Å². The maximum absolute atomic E-state index is 11.6. The molecule has 2 aliphatic rings. The molecule has 1 N–H and O–H groups in total. The zero-order chi connectivity index (χ0) is 28.4. The van der Waals surface area contributed by atoms with Gasteiger partial charge >= 0.3 is 5.97 Å². The number of aryl methyl sites for hydroxylation is 4. The molecule has 4 heteroatoms. The van der Waals surface area contributed by atoms with E-state index in [1.807, 2.05) is 6.92 Å². The van der Waals surface area contributed by atoms with E-state index < -0.39 is 5.97 Å². The average Bonchev–Trinajstić information content (AvgIpc) is 3.63. The van der Waals surface area contributed by atoms with E-state index in [2.05, 4.69) is 69.3 Å². The van der Waals surface area contributed by atoms with Crippen molar-refractivity contribution >= 4 is 11.8 Å². The number of hydrogen-bond donors (Lipinski definition) is 1. The first-order valence-electron chi connectivity index (χ1n) is 14.9. The van der Waals surface area contributed by atoms with Crippen LogP contribution in [0.5, 0.6) is 5.75 Å². The van der Waals surface area contributed by atoms with E-state index in [9.17, 15) is 14.7 Å². The second-order valence-electron chi connectivity index (χ2n) is 12.1. The Kier molecular flexibility index (Phi) is 8.16. The lowest BCUT2D eigenvalue weighted by Crippen LogP contribution is -2.13. The minimum atomic E-state index is -0.684. The molecule has 1 atom stereocenters. The fourth-order valence-corrected chi connectivity index (χ4v) is 6.90. The monoisotopic (exact) mass is 538 g/mol. The lowest BCUT2D eigenvalue weighted by Gasteiger charge is -2.18. The fourth-order valence-electron chi connectivity index (χ4n) is 6.90. The first-order valence-corrected chi connectivity index (χ1v) is 14.9. The van der Waals surface area contributed by atoms with Gasteiger partial charge in [-0.2, -0.15) is 0 Å². The van der Waals surface area contributed by atoms with Crippen molar-refractivity contribution in [2.75, 3.05) is 6.61 Å². The number of aliphatic carboxylic acids is 1. The highest BCUT2D eigenvalue weighted by atomic mass is 16.5. The average molecular weight is 539 g/mol. The molecule has 0 aromatic heterocycles. The van der Waals surface area contributed by atoms with Gasteiger partial charge in [-0.1, -0.05) is 43.3 Å². The number of carbonyl (C=O) groups is 2. The fraction of sp³-hybridized carbons (Fsp3) is 0.444. The standard InChI is InChI=1S/C36H42O4/c1-5-29(37)9-7-17-40-30-18-23(2)35(24(3)19-30)31-10-6-8-27(25(31)4)13-11-26-12-14-32-28(20-26)22-36(15-16-36)33(32)21-34(38)39/h6,8,10,12,14,18-20,33H,5,7,9,11,13,15-17,21-22H2,1-4H3,(H,38,39). The van der Waals surface area contributed by atoms with E-state index >= 15 is 0 Å². The Morgan fingerprint density at radius 2 is 1.75 bits per heavy atom. The normalized spacial score (nSPS) is 16.6. The molecule has 0 aliphatic heterocycles. The van der Waals surface area contributed by atoms with Crippen LogP contribution in [0.1, 0.15) is 90.3 Å². The van der Waals surface area contributed by atoms with Gasteiger partial charge in [-0.25, -0.2) is 0 Å². The molecule has 1 fully saturated rings. The number of hydrogen-bond acceptors (Lipinski definition) is 3. The maximum Gasteiger partial charge on any atom is 0.303 e. The summed E-state index contributed by atoms with van der Waals surface area (Å²) in [6, 6.07) is 17.7. The molecule has 0 bridgehead atoms. The lowest BCUT2D eigenvalue weighted by molar-refractivity contribution is -0.137. The second-order valence-corrected chi connectivity index (χ2v) is 12.1. The third kappa shape index (κ3) is 5.87. The predicted molar refractivity (Wildman–Crippen MR) is 160 cm³/mol. The second kappa shape index (κ2) is 11.6. The van der Waals surface area contributed by atoms with Crippen molar-refractivity contribution in [3.63, 3.8) is 0 Å². The predicted octanol–water partition coefficient (Wildman–Crippen LogP) is 8.10. The summed E-state index contributed by atoms with van der Waals surface area (Å²) in [5.74, 6) is 0.651. The summed E-state index contributed by atoms with van der Waals surface area (Å²) < 4.78 is 5.99. The Hall–Kier alpha value is -3.40. The van der Waals surface area contributed by atoms with Gasteiger partial charge in [0.25, 0.3) is 0 Å². The summed E-state index contributed by atoms with van der Waals surface area (Å²) in [5.41, 5.74) is 11.8. The van der Waals surface area contributed by atoms with Crippen LogP contribution in [-0.4, -0.2) is 23.5 Å². The zero-order valence-corrected chi connectivity index (χ0v) is 24.4. The van der Waals surface area contributed by atoms with Crippen molar-refractivity contribution in [2.45, 2.75) is 91.4 Å². The molecule has 1 spiro atoms. The van der Waals surface area contributed by atoms with Gasteiger partial charge in [0.1, 0.15) is 11.5 Å². The molecule has 0 radical (unpaired) electrons. The highest BCUT2D eigenvalue weighted by Gasteiger charge is 2.54. The summed E-state index contributed by atoms with van der Waals surface area (Å²) in [4.78, 5) is 23.1. The number of benzene rings is 3. The molecule has 210 valence electrons. The van der Waals surface area contributed by atoms with Crippen LogP contribution in [0.25, 0.3) is 11.1 Å². The quantitative estimate of drug-likeness (QED) is 0.237. The summed E-state index contributed by atoms with van der Waals surface area (Å²) in [7, 11) is 0. The molecule has 0 saturated heterocycles. The number of ketones is 1. The van der Waals surface area contributed by atoms with E-state index in [0.717, 1.165) is 44.3 Å². The van der Waals surface area contributed by atoms with Crippen LogP contribution in [0.15, 0.2) is 48.5 Å². The first-order chi connectivity index (χ1) is 19.2. The third-order valence-electron chi connectivity index (χ3n) is 9.30. The smallest absolute Gasteiger partial charge is 0.303 e. The van der Waals surface area contributed by atoms with Gasteiger partial charge in [-0.3, -0.25) is 9.59 Å². The highest BCUT2D eigenvalue weighted by molar-refractivity contribution is 5.78. The Bertz CT molecular complexity index is 1410. The third-order valence-corrected chi connectivity index (χ3v) is 9.30. The van der Waals surface area contributed by atoms with Crippen LogP contribution < -0.4 is 4.74 Å². The van der Waals surface area contributed by atoms with Crippen LogP contribution >= 0.6 is 0 Å². The summed E-state index contributed by atoms with van der Waals surface area (Å²) in [6.07, 6.45) is 7.48. The number of carboxylic acid groups (broad SMARTS) is 1. The molecule has 4 nitrogen and oxygen atoms in total. The zero-order valence-electron chi connectivity index (χ0n) is 24.4. The van der Waals surface area contributed by atoms with Gasteiger partial charge in [0.15, 0.2) is 0 Å². The molecule has 0 amide bonds. The van der Waals surface area contributed by atoms with E-state index in [4.69, 9.17) is 4.74 Å². The largest absolute Gasteiger partial charge is 0.494 e. The van der Waals surface area contributed by atoms with Crippen molar-refractivity contribution in [1.82, 2.24) is 0 Å². The molecule has 0 heterocycles. The number of rotatable bonds is 12. The van der Waals surface area contributed by atoms with Gasteiger partial charge in [0.05, 0.1) is 13.0 Å². The highest BCUT2D eigenvalue weighted by Crippen LogP contribution is 2.64. The van der Waals surface area contributed by atoms with E-state index in [0.29, 0.717) is 19.4 Å². The molecule has 3 aromatic rings. The number of ether oxygens (including phenoxy) is 1. The summed E-state index contributed by atoms with van der Waals surface area (Å²) in [6.45, 7) is 8.99. The minimum Gasteiger partial charge on any atom is -0.494 e. The SMILES string of the molecule is CCC(=O)CCCOc1cc(C)c(-c2cccc(CCc3ccc4c(c3)CC3(CC3)C4CC(=O)O)c2C)c(C)c1. The Morgan fingerprint density at radius 3 is 2.42 bits per heavy atom. The minimum absolute atomic E-state index is 0.182. The van der Waals surface area contributed by atoms with Crippen molar-refractivity contribution in [3.8, 4) is 16.9 Å². The Morgan fingerprint density at radius 1 is 1.00 bits per heavy atom. The van der Waals surface area contributed by atoms with Gasteiger partial charge in [0, 0.05) is 18.8 Å². The number of carboxylic acids is 1. The Balaban J connectivity index is 1.28. The van der Waals surface area contributed by atoms with E-state index in [1.54, 1.807) is 0 Å². The van der Waals surface area contributed by atoms with Crippen LogP contribution in [0.3, 0.4) is 0 Å². The molecule has 5 rings (SSSR count). The maximum atomic E-state index is 11.6. The molecule has 40 heavy (non-hydrogen) atoms. The summed E-state index contributed by atoms with van der Waals surface area (Å²) >= 11 is 0. The van der Waals surface area contributed by atoms with Gasteiger partial charge in [-0.05, 0) is 127 Å². The van der Waals surface area contributed by atoms with Crippen molar-refractivity contribution < 1.29 is 19.4 Å². The number of Topliss-reactive ketones (excluding diaryl/α,β-unsaturated/α-hetero) is 1. The molecular formula is C36H42O4. The molecule has 2 aliphatic carbocycles. The number of fused-ring (bicyclic) bond motifs is 1. The van der Waals surface area contributed by atoms with Crippen molar-refractivity contribution in [2.24, 2.45) is 5.41 Å². The van der Waals surface area contributed by atoms with Crippen molar-refractivity contribution in [1.29, 1.82) is 0 Å². The number of carbonyl (C=O) groups excluding carboxylic acids is 1. The molecule has 1 unspecified atom stereocenters. The molecular weight excluding hydrogens is 496 g/mol.